The summed E-state index contributed by atoms with van der Waals surface area (Å²) in [6, 6.07) is 4.62. The van der Waals surface area contributed by atoms with Crippen molar-refractivity contribution in [2.75, 3.05) is 5.88 Å². The Morgan fingerprint density at radius 2 is 2.15 bits per heavy atom. The third-order valence-electron chi connectivity index (χ3n) is 3.33. The summed E-state index contributed by atoms with van der Waals surface area (Å²) in [5.74, 6) is 1.95. The van der Waals surface area contributed by atoms with Crippen LogP contribution in [-0.2, 0) is 20.0 Å². The highest BCUT2D eigenvalue weighted by molar-refractivity contribution is 6.17. The highest BCUT2D eigenvalue weighted by Gasteiger charge is 2.13. The number of halogens is 2. The Balaban J connectivity index is 2.12. The predicted molar refractivity (Wildman–Crippen MR) is 76.4 cm³/mol. The predicted octanol–water partition coefficient (Wildman–Crippen LogP) is 2.74. The second-order valence-corrected chi connectivity index (χ2v) is 5.02. The van der Waals surface area contributed by atoms with Gasteiger partial charge in [0.25, 0.3) is 0 Å². The van der Waals surface area contributed by atoms with E-state index < -0.39 is 0 Å². The molecule has 0 fully saturated rings. The van der Waals surface area contributed by atoms with E-state index in [9.17, 15) is 4.39 Å². The molecule has 0 atom stereocenters. The normalized spacial score (nSPS) is 11.3. The van der Waals surface area contributed by atoms with E-state index in [1.165, 1.54) is 12.1 Å². The molecule has 0 amide bonds. The lowest BCUT2D eigenvalue weighted by atomic mass is 10.3. The Kier molecular flexibility index (Phi) is 3.44. The minimum Gasteiger partial charge on any atom is -0.337 e. The molecule has 0 aliphatic rings. The van der Waals surface area contributed by atoms with Crippen molar-refractivity contribution in [2.24, 2.45) is 7.05 Å². The Morgan fingerprint density at radius 1 is 1.30 bits per heavy atom. The van der Waals surface area contributed by atoms with Gasteiger partial charge < -0.3 is 9.13 Å². The fourth-order valence-corrected chi connectivity index (χ4v) is 2.46. The van der Waals surface area contributed by atoms with Crippen LogP contribution in [0.3, 0.4) is 0 Å². The van der Waals surface area contributed by atoms with E-state index in [0.717, 1.165) is 22.7 Å². The third-order valence-corrected chi connectivity index (χ3v) is 3.52. The lowest BCUT2D eigenvalue weighted by Crippen LogP contribution is -2.09. The van der Waals surface area contributed by atoms with Gasteiger partial charge in [-0.1, -0.05) is 0 Å². The Morgan fingerprint density at radius 3 is 2.85 bits per heavy atom. The van der Waals surface area contributed by atoms with E-state index >= 15 is 0 Å². The standard InChI is InChI=1S/C14H14ClFN4/c1-19-7-6-17-14(19)9-20-12-8-10(16)2-3-11(12)18-13(20)4-5-15/h2-3,6-8H,4-5,9H2,1H3. The number of rotatable bonds is 4. The van der Waals surface area contributed by atoms with Gasteiger partial charge in [0.05, 0.1) is 17.6 Å². The van der Waals surface area contributed by atoms with Crippen LogP contribution in [0.1, 0.15) is 11.6 Å². The molecular formula is C14H14ClFN4. The number of hydrogen-bond acceptors (Lipinski definition) is 2. The van der Waals surface area contributed by atoms with Gasteiger partial charge in [-0.3, -0.25) is 0 Å². The lowest BCUT2D eigenvalue weighted by Gasteiger charge is -2.08. The maximum absolute atomic E-state index is 13.5. The van der Waals surface area contributed by atoms with Gasteiger partial charge in [-0.25, -0.2) is 14.4 Å². The van der Waals surface area contributed by atoms with Crippen LogP contribution in [0.4, 0.5) is 4.39 Å². The summed E-state index contributed by atoms with van der Waals surface area (Å²) in [6.07, 6.45) is 4.27. The number of hydrogen-bond donors (Lipinski definition) is 0. The highest BCUT2D eigenvalue weighted by Crippen LogP contribution is 2.19. The monoisotopic (exact) mass is 292 g/mol. The van der Waals surface area contributed by atoms with Crippen molar-refractivity contribution in [3.63, 3.8) is 0 Å². The summed E-state index contributed by atoms with van der Waals surface area (Å²) in [6.45, 7) is 0.551. The molecule has 0 N–H and O–H groups in total. The van der Waals surface area contributed by atoms with Crippen molar-refractivity contribution in [1.82, 2.24) is 19.1 Å². The number of aryl methyl sites for hydroxylation is 2. The van der Waals surface area contributed by atoms with Crippen LogP contribution in [0.15, 0.2) is 30.6 Å². The molecule has 0 bridgehead atoms. The van der Waals surface area contributed by atoms with Crippen LogP contribution in [0.25, 0.3) is 11.0 Å². The van der Waals surface area contributed by atoms with Gasteiger partial charge in [-0.2, -0.15) is 0 Å². The molecule has 20 heavy (non-hydrogen) atoms. The second kappa shape index (κ2) is 5.25. The fraction of sp³-hybridized carbons (Fsp3) is 0.286. The van der Waals surface area contributed by atoms with Gasteiger partial charge >= 0.3 is 0 Å². The van der Waals surface area contributed by atoms with E-state index in [4.69, 9.17) is 11.6 Å². The first-order chi connectivity index (χ1) is 9.69. The molecule has 0 radical (unpaired) electrons. The Labute approximate surface area is 120 Å². The maximum atomic E-state index is 13.5. The van der Waals surface area contributed by atoms with Crippen molar-refractivity contribution in [3.05, 3.63) is 48.1 Å². The van der Waals surface area contributed by atoms with E-state index in [2.05, 4.69) is 9.97 Å². The first-order valence-corrected chi connectivity index (χ1v) is 6.89. The summed E-state index contributed by atoms with van der Waals surface area (Å²) in [5, 5.41) is 0. The molecular weight excluding hydrogens is 279 g/mol. The summed E-state index contributed by atoms with van der Waals surface area (Å²) >= 11 is 5.83. The van der Waals surface area contributed by atoms with Crippen LogP contribution < -0.4 is 0 Å². The highest BCUT2D eigenvalue weighted by atomic mass is 35.5. The van der Waals surface area contributed by atoms with Crippen molar-refractivity contribution >= 4 is 22.6 Å². The van der Waals surface area contributed by atoms with E-state index in [1.807, 2.05) is 22.4 Å². The van der Waals surface area contributed by atoms with Gasteiger partial charge in [0.15, 0.2) is 0 Å². The molecule has 104 valence electrons. The number of fused-ring (bicyclic) bond motifs is 1. The molecule has 3 aromatic rings. The minimum absolute atomic E-state index is 0.268. The van der Waals surface area contributed by atoms with Crippen LogP contribution in [-0.4, -0.2) is 25.0 Å². The third kappa shape index (κ3) is 2.29. The smallest absolute Gasteiger partial charge is 0.128 e. The molecule has 4 nitrogen and oxygen atoms in total. The van der Waals surface area contributed by atoms with Gasteiger partial charge in [0, 0.05) is 31.7 Å². The Bertz CT molecular complexity index is 747. The number of nitrogens with zero attached hydrogens (tertiary/aromatic N) is 4. The van der Waals surface area contributed by atoms with Crippen LogP contribution in [0, 0.1) is 5.82 Å². The quantitative estimate of drug-likeness (QED) is 0.693. The molecule has 0 saturated heterocycles. The molecule has 0 unspecified atom stereocenters. The summed E-state index contributed by atoms with van der Waals surface area (Å²) < 4.78 is 17.4. The first-order valence-electron chi connectivity index (χ1n) is 6.36. The molecule has 0 spiro atoms. The van der Waals surface area contributed by atoms with E-state index in [1.54, 1.807) is 12.3 Å². The molecule has 1 aromatic carbocycles. The molecule has 6 heteroatoms. The lowest BCUT2D eigenvalue weighted by molar-refractivity contribution is 0.627. The zero-order valence-corrected chi connectivity index (χ0v) is 11.8. The molecule has 0 saturated carbocycles. The van der Waals surface area contributed by atoms with Gasteiger partial charge in [0.2, 0.25) is 0 Å². The van der Waals surface area contributed by atoms with Crippen LogP contribution >= 0.6 is 11.6 Å². The number of imidazole rings is 2. The van der Waals surface area contributed by atoms with E-state index in [0.29, 0.717) is 18.8 Å². The molecule has 0 aliphatic heterocycles. The van der Waals surface area contributed by atoms with Gasteiger partial charge in [-0.15, -0.1) is 11.6 Å². The molecule has 2 heterocycles. The average Bonchev–Trinajstić information content (AvgIpc) is 2.96. The molecule has 0 aliphatic carbocycles. The van der Waals surface area contributed by atoms with Crippen LogP contribution in [0.2, 0.25) is 0 Å². The zero-order chi connectivity index (χ0) is 14.1. The second-order valence-electron chi connectivity index (χ2n) is 4.64. The molecule has 2 aromatic heterocycles. The average molecular weight is 293 g/mol. The van der Waals surface area contributed by atoms with Crippen LogP contribution in [0.5, 0.6) is 0 Å². The number of aromatic nitrogens is 4. The molecule has 3 rings (SSSR count). The summed E-state index contributed by atoms with van der Waals surface area (Å²) in [5.41, 5.74) is 1.55. The first kappa shape index (κ1) is 13.1. The number of alkyl halides is 1. The minimum atomic E-state index is -0.268. The van der Waals surface area contributed by atoms with E-state index in [-0.39, 0.29) is 5.82 Å². The van der Waals surface area contributed by atoms with Gasteiger partial charge in [-0.05, 0) is 18.2 Å². The summed E-state index contributed by atoms with van der Waals surface area (Å²) in [7, 11) is 1.93. The van der Waals surface area contributed by atoms with Crippen molar-refractivity contribution in [1.29, 1.82) is 0 Å². The van der Waals surface area contributed by atoms with Crippen molar-refractivity contribution < 1.29 is 4.39 Å². The largest absolute Gasteiger partial charge is 0.337 e. The topological polar surface area (TPSA) is 35.6 Å². The van der Waals surface area contributed by atoms with Gasteiger partial charge in [0.1, 0.15) is 17.5 Å². The fourth-order valence-electron chi connectivity index (χ4n) is 2.29. The SMILES string of the molecule is Cn1ccnc1Cn1c(CCCl)nc2ccc(F)cc21. The zero-order valence-electron chi connectivity index (χ0n) is 11.1. The Hall–Kier alpha value is -1.88. The summed E-state index contributed by atoms with van der Waals surface area (Å²) in [4.78, 5) is 8.84. The van der Waals surface area contributed by atoms with Crippen molar-refractivity contribution in [2.45, 2.75) is 13.0 Å². The van der Waals surface area contributed by atoms with Crippen molar-refractivity contribution in [3.8, 4) is 0 Å². The number of benzene rings is 1. The maximum Gasteiger partial charge on any atom is 0.128 e.